The van der Waals surface area contributed by atoms with Gasteiger partial charge in [-0.15, -0.1) is 5.10 Å². The third-order valence-corrected chi connectivity index (χ3v) is 5.09. The average Bonchev–Trinajstić information content (AvgIpc) is 3.33. The maximum Gasteiger partial charge on any atom is 0.435 e. The van der Waals surface area contributed by atoms with Crippen LogP contribution in [0.5, 0.6) is 0 Å². The van der Waals surface area contributed by atoms with E-state index in [4.69, 9.17) is 0 Å². The van der Waals surface area contributed by atoms with E-state index >= 15 is 0 Å². The van der Waals surface area contributed by atoms with Crippen molar-refractivity contribution in [1.82, 2.24) is 40.0 Å². The molecular weight excluding hydrogens is 429 g/mol. The second-order valence-electron chi connectivity index (χ2n) is 7.40. The predicted molar refractivity (Wildman–Crippen MR) is 103 cm³/mol. The number of alkyl halides is 3. The number of carbonyl (C=O) groups is 2. The van der Waals surface area contributed by atoms with Crippen molar-refractivity contribution in [2.24, 2.45) is 0 Å². The van der Waals surface area contributed by atoms with Gasteiger partial charge in [-0.3, -0.25) is 19.3 Å². The maximum atomic E-state index is 12.8. The summed E-state index contributed by atoms with van der Waals surface area (Å²) in [7, 11) is 0. The maximum absolute atomic E-state index is 12.8. The number of hydrogen-bond acceptors (Lipinski definition) is 6. The molecule has 13 heteroatoms. The van der Waals surface area contributed by atoms with Gasteiger partial charge in [0.05, 0.1) is 12.2 Å². The van der Waals surface area contributed by atoms with E-state index in [2.05, 4.69) is 25.7 Å². The fourth-order valence-electron chi connectivity index (χ4n) is 3.20. The molecular formula is C19H19F3N8O2. The first kappa shape index (κ1) is 21.5. The van der Waals surface area contributed by atoms with Gasteiger partial charge >= 0.3 is 6.18 Å². The highest BCUT2D eigenvalue weighted by Gasteiger charge is 2.36. The van der Waals surface area contributed by atoms with Crippen LogP contribution in [-0.2, 0) is 24.1 Å². The molecule has 0 aliphatic carbocycles. The minimum Gasteiger partial charge on any atom is -0.347 e. The standard InChI is InChI=1S/C19H19F3N8O2/c1-12-6-16(19(20,21)22)26-29(12)11-17(31)28-8-14(9-28)30-10-15(25-27-30)18(32)24-7-13-2-4-23-5-3-13/h2-6,10,14H,7-9,11H2,1H3,(H,24,32). The summed E-state index contributed by atoms with van der Waals surface area (Å²) in [6.45, 7) is 2.13. The summed E-state index contributed by atoms with van der Waals surface area (Å²) in [4.78, 5) is 30.0. The SMILES string of the molecule is Cc1cc(C(F)(F)F)nn1CC(=O)N1CC(n2cc(C(=O)NCc3ccncc3)nn2)C1. The van der Waals surface area contributed by atoms with Crippen LogP contribution in [0.2, 0.25) is 0 Å². The van der Waals surface area contributed by atoms with Gasteiger partial charge in [0.15, 0.2) is 11.4 Å². The number of likely N-dealkylation sites (tertiary alicyclic amines) is 1. The van der Waals surface area contributed by atoms with Gasteiger partial charge in [-0.1, -0.05) is 5.21 Å². The minimum atomic E-state index is -4.56. The molecule has 168 valence electrons. The molecule has 0 bridgehead atoms. The molecule has 3 aromatic rings. The summed E-state index contributed by atoms with van der Waals surface area (Å²) in [5, 5.41) is 14.0. The highest BCUT2D eigenvalue weighted by atomic mass is 19.4. The molecule has 0 unspecified atom stereocenters. The Hall–Kier alpha value is -3.77. The Morgan fingerprint density at radius 1 is 1.22 bits per heavy atom. The van der Waals surface area contributed by atoms with Crippen molar-refractivity contribution in [2.75, 3.05) is 13.1 Å². The number of aryl methyl sites for hydroxylation is 1. The molecule has 2 amide bonds. The molecule has 4 heterocycles. The zero-order valence-electron chi connectivity index (χ0n) is 17.0. The van der Waals surface area contributed by atoms with Crippen molar-refractivity contribution < 1.29 is 22.8 Å². The summed E-state index contributed by atoms with van der Waals surface area (Å²) in [6, 6.07) is 4.30. The summed E-state index contributed by atoms with van der Waals surface area (Å²) in [5.74, 6) is -0.730. The van der Waals surface area contributed by atoms with E-state index in [1.165, 1.54) is 22.7 Å². The fourth-order valence-corrected chi connectivity index (χ4v) is 3.20. The van der Waals surface area contributed by atoms with Crippen molar-refractivity contribution in [1.29, 1.82) is 0 Å². The summed E-state index contributed by atoms with van der Waals surface area (Å²) in [6.07, 6.45) is 0.201. The van der Waals surface area contributed by atoms with Crippen LogP contribution >= 0.6 is 0 Å². The van der Waals surface area contributed by atoms with E-state index in [0.29, 0.717) is 19.6 Å². The van der Waals surface area contributed by atoms with Crippen molar-refractivity contribution in [2.45, 2.75) is 32.2 Å². The van der Waals surface area contributed by atoms with Crippen LogP contribution in [0.25, 0.3) is 0 Å². The number of hydrogen-bond donors (Lipinski definition) is 1. The van der Waals surface area contributed by atoms with Crippen LogP contribution in [0, 0.1) is 6.92 Å². The molecule has 0 spiro atoms. The van der Waals surface area contributed by atoms with E-state index in [9.17, 15) is 22.8 Å². The molecule has 10 nitrogen and oxygen atoms in total. The summed E-state index contributed by atoms with van der Waals surface area (Å²) < 4.78 is 40.9. The zero-order valence-corrected chi connectivity index (χ0v) is 17.0. The molecule has 1 aliphatic heterocycles. The molecule has 32 heavy (non-hydrogen) atoms. The Kier molecular flexibility index (Phi) is 5.63. The Balaban J connectivity index is 1.28. The fraction of sp³-hybridized carbons (Fsp3) is 0.368. The highest BCUT2D eigenvalue weighted by Crippen LogP contribution is 2.28. The number of pyridine rings is 1. The quantitative estimate of drug-likeness (QED) is 0.607. The Bertz CT molecular complexity index is 1120. The van der Waals surface area contributed by atoms with E-state index in [0.717, 1.165) is 16.3 Å². The molecule has 4 rings (SSSR count). The van der Waals surface area contributed by atoms with E-state index in [-0.39, 0.29) is 35.8 Å². The molecule has 0 saturated carbocycles. The van der Waals surface area contributed by atoms with Crippen molar-refractivity contribution in [3.05, 3.63) is 59.4 Å². The van der Waals surface area contributed by atoms with Gasteiger partial charge in [0.2, 0.25) is 5.91 Å². The molecule has 0 aromatic carbocycles. The first-order valence-electron chi connectivity index (χ1n) is 9.69. The number of nitrogens with zero attached hydrogens (tertiary/aromatic N) is 7. The normalized spacial score (nSPS) is 14.3. The van der Waals surface area contributed by atoms with Crippen LogP contribution in [0.1, 0.15) is 33.5 Å². The van der Waals surface area contributed by atoms with Crippen molar-refractivity contribution in [3.63, 3.8) is 0 Å². The number of halogens is 3. The van der Waals surface area contributed by atoms with E-state index < -0.39 is 11.9 Å². The number of aromatic nitrogens is 6. The predicted octanol–water partition coefficient (Wildman–Crippen LogP) is 1.21. The van der Waals surface area contributed by atoms with Crippen LogP contribution in [0.3, 0.4) is 0 Å². The first-order valence-corrected chi connectivity index (χ1v) is 9.69. The number of carbonyl (C=O) groups excluding carboxylic acids is 2. The lowest BCUT2D eigenvalue weighted by Gasteiger charge is -2.38. The van der Waals surface area contributed by atoms with Gasteiger partial charge in [-0.25, -0.2) is 4.68 Å². The van der Waals surface area contributed by atoms with Crippen LogP contribution < -0.4 is 5.32 Å². The van der Waals surface area contributed by atoms with Crippen LogP contribution in [0.15, 0.2) is 36.8 Å². The van der Waals surface area contributed by atoms with Crippen molar-refractivity contribution >= 4 is 11.8 Å². The van der Waals surface area contributed by atoms with Crippen LogP contribution in [0.4, 0.5) is 13.2 Å². The second kappa shape index (κ2) is 8.40. The highest BCUT2D eigenvalue weighted by molar-refractivity contribution is 5.91. The van der Waals surface area contributed by atoms with Gasteiger partial charge in [0, 0.05) is 37.7 Å². The largest absolute Gasteiger partial charge is 0.435 e. The third kappa shape index (κ3) is 4.60. The Labute approximate surface area is 180 Å². The molecule has 1 aliphatic rings. The van der Waals surface area contributed by atoms with E-state index in [1.54, 1.807) is 24.5 Å². The lowest BCUT2D eigenvalue weighted by atomic mass is 10.1. The zero-order chi connectivity index (χ0) is 22.9. The van der Waals surface area contributed by atoms with Gasteiger partial charge < -0.3 is 10.2 Å². The van der Waals surface area contributed by atoms with Crippen molar-refractivity contribution in [3.8, 4) is 0 Å². The number of amides is 2. The Morgan fingerprint density at radius 2 is 1.94 bits per heavy atom. The molecule has 1 N–H and O–H groups in total. The Morgan fingerprint density at radius 3 is 2.59 bits per heavy atom. The first-order chi connectivity index (χ1) is 15.2. The number of nitrogens with one attached hydrogen (secondary N) is 1. The molecule has 3 aromatic heterocycles. The third-order valence-electron chi connectivity index (χ3n) is 5.09. The number of rotatable bonds is 6. The average molecular weight is 448 g/mol. The lowest BCUT2D eigenvalue weighted by Crippen LogP contribution is -2.52. The molecule has 1 saturated heterocycles. The molecule has 0 radical (unpaired) electrons. The molecule has 1 fully saturated rings. The van der Waals surface area contributed by atoms with Gasteiger partial charge in [-0.2, -0.15) is 18.3 Å². The van der Waals surface area contributed by atoms with Crippen LogP contribution in [-0.4, -0.2) is 59.6 Å². The minimum absolute atomic E-state index is 0.149. The second-order valence-corrected chi connectivity index (χ2v) is 7.40. The van der Waals surface area contributed by atoms with Gasteiger partial charge in [0.1, 0.15) is 6.54 Å². The van der Waals surface area contributed by atoms with E-state index in [1.807, 2.05) is 0 Å². The summed E-state index contributed by atoms with van der Waals surface area (Å²) >= 11 is 0. The topological polar surface area (TPSA) is 111 Å². The lowest BCUT2D eigenvalue weighted by molar-refractivity contribution is -0.143. The van der Waals surface area contributed by atoms with Gasteiger partial charge in [-0.05, 0) is 30.7 Å². The monoisotopic (exact) mass is 448 g/mol. The molecule has 0 atom stereocenters. The van der Waals surface area contributed by atoms with Gasteiger partial charge in [0.25, 0.3) is 5.91 Å². The smallest absolute Gasteiger partial charge is 0.347 e. The summed E-state index contributed by atoms with van der Waals surface area (Å²) in [5.41, 5.74) is 0.266.